The predicted octanol–water partition coefficient (Wildman–Crippen LogP) is 1.79. The summed E-state index contributed by atoms with van der Waals surface area (Å²) in [5.74, 6) is -0.635. The van der Waals surface area contributed by atoms with E-state index in [9.17, 15) is 14.4 Å². The van der Waals surface area contributed by atoms with Gasteiger partial charge in [0.2, 0.25) is 11.8 Å². The quantitative estimate of drug-likeness (QED) is 0.530. The molecule has 0 spiro atoms. The summed E-state index contributed by atoms with van der Waals surface area (Å²) in [6.45, 7) is 10.7. The van der Waals surface area contributed by atoms with Crippen molar-refractivity contribution < 1.29 is 19.5 Å². The maximum Gasteiger partial charge on any atom is 0.404 e. The highest BCUT2D eigenvalue weighted by atomic mass is 16.4. The minimum absolute atomic E-state index is 0.124. The van der Waals surface area contributed by atoms with Crippen molar-refractivity contribution in [1.29, 1.82) is 0 Å². The summed E-state index contributed by atoms with van der Waals surface area (Å²) in [6, 6.07) is -0.188. The van der Waals surface area contributed by atoms with E-state index in [1.165, 1.54) is 6.92 Å². The Morgan fingerprint density at radius 3 is 2.21 bits per heavy atom. The molecule has 0 heterocycles. The largest absolute Gasteiger partial charge is 0.465 e. The zero-order valence-electron chi connectivity index (χ0n) is 14.9. The molecule has 1 aliphatic rings. The number of carbonyl (C=O) groups is 3. The molecule has 1 saturated carbocycles. The lowest BCUT2D eigenvalue weighted by atomic mass is 9.65. The van der Waals surface area contributed by atoms with E-state index < -0.39 is 17.2 Å². The molecular formula is C17H29N3O4. The number of allylic oxidation sites excluding steroid dienone is 1. The Morgan fingerprint density at radius 1 is 1.21 bits per heavy atom. The van der Waals surface area contributed by atoms with E-state index in [0.717, 1.165) is 0 Å². The van der Waals surface area contributed by atoms with E-state index in [1.54, 1.807) is 6.08 Å². The molecule has 1 rings (SSSR count). The van der Waals surface area contributed by atoms with Gasteiger partial charge in [0.05, 0.1) is 0 Å². The minimum Gasteiger partial charge on any atom is -0.465 e. The van der Waals surface area contributed by atoms with Gasteiger partial charge in [0, 0.05) is 18.5 Å². The molecule has 1 atom stereocenters. The molecule has 0 bridgehead atoms. The lowest BCUT2D eigenvalue weighted by Crippen LogP contribution is -2.68. The van der Waals surface area contributed by atoms with Gasteiger partial charge in [-0.2, -0.15) is 0 Å². The van der Waals surface area contributed by atoms with E-state index in [4.69, 9.17) is 5.11 Å². The Balaban J connectivity index is 3.03. The van der Waals surface area contributed by atoms with Gasteiger partial charge in [0.25, 0.3) is 0 Å². The minimum atomic E-state index is -1.08. The summed E-state index contributed by atoms with van der Waals surface area (Å²) >= 11 is 0. The van der Waals surface area contributed by atoms with Crippen molar-refractivity contribution in [2.45, 2.75) is 70.5 Å². The molecule has 7 nitrogen and oxygen atoms in total. The van der Waals surface area contributed by atoms with Crippen LogP contribution < -0.4 is 16.0 Å². The summed E-state index contributed by atoms with van der Waals surface area (Å²) in [5, 5.41) is 17.1. The average molecular weight is 339 g/mol. The zero-order valence-corrected chi connectivity index (χ0v) is 14.9. The van der Waals surface area contributed by atoms with Crippen LogP contribution >= 0.6 is 0 Å². The van der Waals surface area contributed by atoms with Gasteiger partial charge >= 0.3 is 6.09 Å². The monoisotopic (exact) mass is 339 g/mol. The van der Waals surface area contributed by atoms with Crippen LogP contribution in [0.5, 0.6) is 0 Å². The fourth-order valence-corrected chi connectivity index (χ4v) is 3.13. The van der Waals surface area contributed by atoms with Crippen molar-refractivity contribution in [1.82, 2.24) is 16.0 Å². The maximum atomic E-state index is 13.0. The molecule has 136 valence electrons. The second-order valence-electron chi connectivity index (χ2n) is 7.50. The second kappa shape index (κ2) is 7.68. The summed E-state index contributed by atoms with van der Waals surface area (Å²) < 4.78 is 0. The first-order chi connectivity index (χ1) is 11.0. The van der Waals surface area contributed by atoms with Gasteiger partial charge in [-0.3, -0.25) is 9.59 Å². The van der Waals surface area contributed by atoms with Crippen LogP contribution in [0.25, 0.3) is 0 Å². The van der Waals surface area contributed by atoms with Crippen LogP contribution in [0.3, 0.4) is 0 Å². The van der Waals surface area contributed by atoms with Gasteiger partial charge in [0.1, 0.15) is 5.54 Å². The number of nitrogens with one attached hydrogen (secondary N) is 3. The molecule has 4 N–H and O–H groups in total. The van der Waals surface area contributed by atoms with Crippen LogP contribution in [0.4, 0.5) is 4.79 Å². The standard InChI is InChI=1S/C17H29N3O4/c1-6-7-8-17(19-11(2)21,14(22)20-16(3,4)5)12-9-13(10-12)18-15(23)24/h6,12-13,18H,1,7-10H2,2-5H3,(H,19,21)(H,20,22)(H,23,24). The molecule has 1 fully saturated rings. The van der Waals surface area contributed by atoms with Gasteiger partial charge in [-0.15, -0.1) is 6.58 Å². The van der Waals surface area contributed by atoms with Crippen LogP contribution in [0.15, 0.2) is 12.7 Å². The number of amides is 3. The average Bonchev–Trinajstić information content (AvgIpc) is 2.35. The van der Waals surface area contributed by atoms with Gasteiger partial charge in [-0.05, 0) is 52.4 Å². The highest BCUT2D eigenvalue weighted by Crippen LogP contribution is 2.40. The van der Waals surface area contributed by atoms with Gasteiger partial charge in [-0.1, -0.05) is 6.08 Å². The first-order valence-electron chi connectivity index (χ1n) is 8.22. The first kappa shape index (κ1) is 20.0. The Hall–Kier alpha value is -2.05. The summed E-state index contributed by atoms with van der Waals surface area (Å²) in [4.78, 5) is 35.5. The van der Waals surface area contributed by atoms with Crippen molar-refractivity contribution in [2.24, 2.45) is 5.92 Å². The number of carbonyl (C=O) groups excluding carboxylic acids is 2. The molecule has 1 aliphatic carbocycles. The zero-order chi connectivity index (χ0) is 18.5. The van der Waals surface area contributed by atoms with Crippen LogP contribution in [0, 0.1) is 5.92 Å². The molecule has 0 radical (unpaired) electrons. The van der Waals surface area contributed by atoms with E-state index >= 15 is 0 Å². The molecule has 0 saturated heterocycles. The highest BCUT2D eigenvalue weighted by Gasteiger charge is 2.51. The van der Waals surface area contributed by atoms with E-state index in [1.807, 2.05) is 20.8 Å². The Morgan fingerprint density at radius 2 is 1.79 bits per heavy atom. The molecule has 7 heteroatoms. The lowest BCUT2D eigenvalue weighted by Gasteiger charge is -2.48. The molecule has 1 unspecified atom stereocenters. The molecular weight excluding hydrogens is 310 g/mol. The van der Waals surface area contributed by atoms with Crippen molar-refractivity contribution >= 4 is 17.9 Å². The van der Waals surface area contributed by atoms with Crippen LogP contribution in [0.2, 0.25) is 0 Å². The first-order valence-corrected chi connectivity index (χ1v) is 8.22. The topological polar surface area (TPSA) is 108 Å². The molecule has 0 aliphatic heterocycles. The normalized spacial score (nSPS) is 22.5. The Kier molecular flexibility index (Phi) is 6.40. The van der Waals surface area contributed by atoms with Crippen molar-refractivity contribution in [3.63, 3.8) is 0 Å². The smallest absolute Gasteiger partial charge is 0.404 e. The molecule has 0 aromatic rings. The number of carboxylic acid groups (broad SMARTS) is 1. The predicted molar refractivity (Wildman–Crippen MR) is 91.5 cm³/mol. The third-order valence-corrected chi connectivity index (χ3v) is 4.20. The summed E-state index contributed by atoms with van der Waals surface area (Å²) in [6.07, 6.45) is 2.68. The van der Waals surface area contributed by atoms with Crippen LogP contribution in [0.1, 0.15) is 53.4 Å². The van der Waals surface area contributed by atoms with Crippen LogP contribution in [-0.2, 0) is 9.59 Å². The number of rotatable bonds is 7. The third kappa shape index (κ3) is 5.25. The molecule has 0 aromatic carbocycles. The van der Waals surface area contributed by atoms with E-state index in [2.05, 4.69) is 22.5 Å². The lowest BCUT2D eigenvalue weighted by molar-refractivity contribution is -0.139. The molecule has 0 aromatic heterocycles. The second-order valence-corrected chi connectivity index (χ2v) is 7.50. The fraction of sp³-hybridized carbons (Fsp3) is 0.706. The Labute approximate surface area is 143 Å². The number of hydrogen-bond donors (Lipinski definition) is 4. The van der Waals surface area contributed by atoms with Gasteiger partial charge < -0.3 is 21.1 Å². The fourth-order valence-electron chi connectivity index (χ4n) is 3.13. The van der Waals surface area contributed by atoms with Gasteiger partial charge in [-0.25, -0.2) is 4.79 Å². The van der Waals surface area contributed by atoms with Gasteiger partial charge in [0.15, 0.2) is 0 Å². The molecule has 24 heavy (non-hydrogen) atoms. The van der Waals surface area contributed by atoms with Crippen molar-refractivity contribution in [3.8, 4) is 0 Å². The maximum absolute atomic E-state index is 13.0. The van der Waals surface area contributed by atoms with Crippen molar-refractivity contribution in [2.75, 3.05) is 0 Å². The molecule has 3 amide bonds. The summed E-state index contributed by atoms with van der Waals surface area (Å²) in [7, 11) is 0. The highest BCUT2D eigenvalue weighted by molar-refractivity contribution is 5.92. The summed E-state index contributed by atoms with van der Waals surface area (Å²) in [5.41, 5.74) is -1.48. The van der Waals surface area contributed by atoms with E-state index in [0.29, 0.717) is 25.7 Å². The van der Waals surface area contributed by atoms with Crippen LogP contribution in [-0.4, -0.2) is 40.1 Å². The third-order valence-electron chi connectivity index (χ3n) is 4.20. The Bertz CT molecular complexity index is 506. The van der Waals surface area contributed by atoms with Crippen molar-refractivity contribution in [3.05, 3.63) is 12.7 Å². The SMILES string of the molecule is C=CCCC(NC(C)=O)(C(=O)NC(C)(C)C)C1CC(NC(=O)O)C1. The van der Waals surface area contributed by atoms with E-state index in [-0.39, 0.29) is 23.8 Å². The number of hydrogen-bond acceptors (Lipinski definition) is 3.